The molecule has 1 aromatic carbocycles. The molecule has 0 heterocycles. The van der Waals surface area contributed by atoms with Gasteiger partial charge in [-0.2, -0.15) is 0 Å². The van der Waals surface area contributed by atoms with Gasteiger partial charge in [0.2, 0.25) is 0 Å². The number of benzene rings is 1. The maximum Gasteiger partial charge on any atom is 0.125 e. The SMILES string of the molecule is C=C1CC(C)(C)C2=Cc3ccccc3CC2=C1OC. The van der Waals surface area contributed by atoms with Crippen LogP contribution in [0.1, 0.15) is 31.4 Å². The molecule has 1 nitrogen and oxygen atoms in total. The minimum Gasteiger partial charge on any atom is -0.496 e. The summed E-state index contributed by atoms with van der Waals surface area (Å²) in [7, 11) is 1.75. The van der Waals surface area contributed by atoms with Gasteiger partial charge in [0.1, 0.15) is 5.76 Å². The van der Waals surface area contributed by atoms with Crippen molar-refractivity contribution in [1.82, 2.24) is 0 Å². The third-order valence-corrected chi connectivity index (χ3v) is 4.23. The number of fused-ring (bicyclic) bond motifs is 2. The van der Waals surface area contributed by atoms with Gasteiger partial charge in [0.15, 0.2) is 0 Å². The average Bonchev–Trinajstić information content (AvgIpc) is 2.37. The molecule has 0 fully saturated rings. The Morgan fingerprint density at radius 1 is 1.21 bits per heavy atom. The van der Waals surface area contributed by atoms with Crippen LogP contribution in [0.25, 0.3) is 6.08 Å². The Kier molecular flexibility index (Phi) is 2.67. The van der Waals surface area contributed by atoms with Crippen molar-refractivity contribution in [3.8, 4) is 0 Å². The van der Waals surface area contributed by atoms with E-state index in [1.54, 1.807) is 7.11 Å². The fourth-order valence-electron chi connectivity index (χ4n) is 3.36. The first-order valence-corrected chi connectivity index (χ1v) is 6.78. The highest BCUT2D eigenvalue weighted by molar-refractivity contribution is 5.70. The van der Waals surface area contributed by atoms with Gasteiger partial charge in [-0.15, -0.1) is 0 Å². The summed E-state index contributed by atoms with van der Waals surface area (Å²) in [5.74, 6) is 1.00. The largest absolute Gasteiger partial charge is 0.496 e. The van der Waals surface area contributed by atoms with Crippen LogP contribution in [-0.2, 0) is 11.2 Å². The smallest absolute Gasteiger partial charge is 0.125 e. The molecule has 0 aliphatic heterocycles. The van der Waals surface area contributed by atoms with Crippen LogP contribution >= 0.6 is 0 Å². The quantitative estimate of drug-likeness (QED) is 0.714. The third kappa shape index (κ3) is 1.85. The lowest BCUT2D eigenvalue weighted by atomic mass is 9.67. The molecule has 0 saturated carbocycles. The Hall–Kier alpha value is -1.76. The highest BCUT2D eigenvalue weighted by Gasteiger charge is 2.36. The summed E-state index contributed by atoms with van der Waals surface area (Å²) in [6, 6.07) is 8.61. The second-order valence-corrected chi connectivity index (χ2v) is 6.11. The van der Waals surface area contributed by atoms with Gasteiger partial charge in [-0.05, 0) is 34.1 Å². The van der Waals surface area contributed by atoms with Crippen LogP contribution in [0.15, 0.2) is 53.3 Å². The molecule has 0 radical (unpaired) electrons. The zero-order valence-corrected chi connectivity index (χ0v) is 11.9. The first-order valence-electron chi connectivity index (χ1n) is 6.78. The maximum absolute atomic E-state index is 5.62. The van der Waals surface area contributed by atoms with E-state index in [0.717, 1.165) is 24.2 Å². The molecule has 0 bridgehead atoms. The lowest BCUT2D eigenvalue weighted by molar-refractivity contribution is 0.275. The van der Waals surface area contributed by atoms with Crippen molar-refractivity contribution in [3.63, 3.8) is 0 Å². The van der Waals surface area contributed by atoms with E-state index in [2.05, 4.69) is 50.8 Å². The number of hydrogen-bond donors (Lipinski definition) is 0. The Balaban J connectivity index is 2.25. The van der Waals surface area contributed by atoms with E-state index in [1.807, 2.05) is 0 Å². The minimum atomic E-state index is 0.141. The van der Waals surface area contributed by atoms with Crippen LogP contribution in [0.4, 0.5) is 0 Å². The zero-order chi connectivity index (χ0) is 13.6. The monoisotopic (exact) mass is 252 g/mol. The highest BCUT2D eigenvalue weighted by atomic mass is 16.5. The van der Waals surface area contributed by atoms with Crippen molar-refractivity contribution in [2.45, 2.75) is 26.7 Å². The Labute approximate surface area is 115 Å². The van der Waals surface area contributed by atoms with Crippen LogP contribution in [0, 0.1) is 5.41 Å². The van der Waals surface area contributed by atoms with Crippen molar-refractivity contribution in [1.29, 1.82) is 0 Å². The van der Waals surface area contributed by atoms with Crippen molar-refractivity contribution in [2.24, 2.45) is 5.41 Å². The average molecular weight is 252 g/mol. The van der Waals surface area contributed by atoms with Crippen LogP contribution in [-0.4, -0.2) is 7.11 Å². The fourth-order valence-corrected chi connectivity index (χ4v) is 3.36. The van der Waals surface area contributed by atoms with Crippen LogP contribution in [0.3, 0.4) is 0 Å². The third-order valence-electron chi connectivity index (χ3n) is 4.23. The molecule has 0 amide bonds. The van der Waals surface area contributed by atoms with Crippen molar-refractivity contribution in [2.75, 3.05) is 7.11 Å². The van der Waals surface area contributed by atoms with E-state index in [9.17, 15) is 0 Å². The number of allylic oxidation sites excluding steroid dienone is 3. The molecule has 0 aromatic heterocycles. The predicted octanol–water partition coefficient (Wildman–Crippen LogP) is 4.51. The Morgan fingerprint density at radius 2 is 1.95 bits per heavy atom. The standard InChI is InChI=1S/C18H20O/c1-12-11-18(2,3)16-10-14-8-6-5-7-13(14)9-15(16)17(12)19-4/h5-8,10H,1,9,11H2,2-4H3. The van der Waals surface area contributed by atoms with E-state index in [0.29, 0.717) is 0 Å². The molecule has 1 aromatic rings. The van der Waals surface area contributed by atoms with Crippen LogP contribution in [0.2, 0.25) is 0 Å². The molecule has 0 unspecified atom stereocenters. The second-order valence-electron chi connectivity index (χ2n) is 6.11. The van der Waals surface area contributed by atoms with Gasteiger partial charge in [0.05, 0.1) is 7.11 Å². The summed E-state index contributed by atoms with van der Waals surface area (Å²) >= 11 is 0. The van der Waals surface area contributed by atoms with Gasteiger partial charge in [-0.1, -0.05) is 50.8 Å². The van der Waals surface area contributed by atoms with Gasteiger partial charge < -0.3 is 4.74 Å². The van der Waals surface area contributed by atoms with Crippen LogP contribution < -0.4 is 0 Å². The Bertz CT molecular complexity index is 614. The molecule has 2 aliphatic carbocycles. The van der Waals surface area contributed by atoms with E-state index < -0.39 is 0 Å². The number of rotatable bonds is 1. The summed E-state index contributed by atoms with van der Waals surface area (Å²) in [4.78, 5) is 0. The van der Waals surface area contributed by atoms with E-state index in [1.165, 1.54) is 22.3 Å². The summed E-state index contributed by atoms with van der Waals surface area (Å²) in [6.07, 6.45) is 4.25. The number of hydrogen-bond acceptors (Lipinski definition) is 1. The van der Waals surface area contributed by atoms with Gasteiger partial charge in [-0.3, -0.25) is 0 Å². The first kappa shape index (κ1) is 12.3. The van der Waals surface area contributed by atoms with Gasteiger partial charge >= 0.3 is 0 Å². The second kappa shape index (κ2) is 4.12. The zero-order valence-electron chi connectivity index (χ0n) is 11.9. The molecular formula is C18H20O. The number of methoxy groups -OCH3 is 1. The molecular weight excluding hydrogens is 232 g/mol. The van der Waals surface area contributed by atoms with Crippen LogP contribution in [0.5, 0.6) is 0 Å². The van der Waals surface area contributed by atoms with E-state index >= 15 is 0 Å². The summed E-state index contributed by atoms with van der Waals surface area (Å²) in [5, 5.41) is 0. The van der Waals surface area contributed by atoms with Crippen molar-refractivity contribution < 1.29 is 4.74 Å². The molecule has 0 saturated heterocycles. The van der Waals surface area contributed by atoms with E-state index in [-0.39, 0.29) is 5.41 Å². The van der Waals surface area contributed by atoms with Gasteiger partial charge in [-0.25, -0.2) is 0 Å². The minimum absolute atomic E-state index is 0.141. The maximum atomic E-state index is 5.62. The molecule has 98 valence electrons. The van der Waals surface area contributed by atoms with E-state index in [4.69, 9.17) is 4.74 Å². The Morgan fingerprint density at radius 3 is 2.68 bits per heavy atom. The molecule has 0 N–H and O–H groups in total. The van der Waals surface area contributed by atoms with Gasteiger partial charge in [0, 0.05) is 12.0 Å². The lowest BCUT2D eigenvalue weighted by Crippen LogP contribution is -2.26. The number of ether oxygens (including phenoxy) is 1. The highest BCUT2D eigenvalue weighted by Crippen LogP contribution is 2.49. The van der Waals surface area contributed by atoms with Gasteiger partial charge in [0.25, 0.3) is 0 Å². The normalized spacial score (nSPS) is 20.6. The topological polar surface area (TPSA) is 9.23 Å². The fraction of sp³-hybridized carbons (Fsp3) is 0.333. The molecule has 3 rings (SSSR count). The van der Waals surface area contributed by atoms with Crippen molar-refractivity contribution >= 4 is 6.08 Å². The molecule has 0 atom stereocenters. The predicted molar refractivity (Wildman–Crippen MR) is 79.7 cm³/mol. The first-order chi connectivity index (χ1) is 9.03. The summed E-state index contributed by atoms with van der Waals surface area (Å²) in [5.41, 5.74) is 6.72. The molecule has 0 spiro atoms. The molecule has 19 heavy (non-hydrogen) atoms. The lowest BCUT2D eigenvalue weighted by Gasteiger charge is -2.39. The summed E-state index contributed by atoms with van der Waals surface area (Å²) < 4.78 is 5.62. The summed E-state index contributed by atoms with van der Waals surface area (Å²) in [6.45, 7) is 8.79. The molecule has 1 heteroatoms. The molecule has 2 aliphatic rings. The van der Waals surface area contributed by atoms with Crippen molar-refractivity contribution in [3.05, 3.63) is 64.4 Å².